The molecule has 0 radical (unpaired) electrons. The Morgan fingerprint density at radius 3 is 2.68 bits per heavy atom. The molecule has 2 aromatic carbocycles. The van der Waals surface area contributed by atoms with Crippen molar-refractivity contribution in [2.75, 3.05) is 18.0 Å². The lowest BCUT2D eigenvalue weighted by Gasteiger charge is -2.29. The molecule has 1 N–H and O–H groups in total. The number of anilines is 1. The highest BCUT2D eigenvalue weighted by atomic mass is 19.1. The summed E-state index contributed by atoms with van der Waals surface area (Å²) in [5, 5.41) is 2.93. The maximum absolute atomic E-state index is 13.0. The summed E-state index contributed by atoms with van der Waals surface area (Å²) in [5.41, 5.74) is 4.28. The van der Waals surface area contributed by atoms with Crippen molar-refractivity contribution in [1.29, 1.82) is 0 Å². The third-order valence-corrected chi connectivity index (χ3v) is 5.07. The standard InChI is InChI=1S/C23H22FN3O/c24-21-7-5-17(6-8-21)9-12-26-23(28)19-10-13-25-22(15-19)27-14-11-18-3-1-2-4-20(18)16-27/h1-8,10,13,15H,9,11-12,14,16H2,(H,26,28). The summed E-state index contributed by atoms with van der Waals surface area (Å²) >= 11 is 0. The Morgan fingerprint density at radius 2 is 1.86 bits per heavy atom. The van der Waals surface area contributed by atoms with Crippen molar-refractivity contribution in [3.8, 4) is 0 Å². The molecule has 0 saturated heterocycles. The Labute approximate surface area is 164 Å². The van der Waals surface area contributed by atoms with Gasteiger partial charge in [0.1, 0.15) is 11.6 Å². The van der Waals surface area contributed by atoms with Gasteiger partial charge in [-0.2, -0.15) is 0 Å². The fourth-order valence-electron chi connectivity index (χ4n) is 3.50. The number of fused-ring (bicyclic) bond motifs is 1. The third-order valence-electron chi connectivity index (χ3n) is 5.07. The number of nitrogens with zero attached hydrogens (tertiary/aromatic N) is 2. The lowest BCUT2D eigenvalue weighted by atomic mass is 10.00. The van der Waals surface area contributed by atoms with Crippen LogP contribution in [-0.4, -0.2) is 24.0 Å². The molecule has 0 saturated carbocycles. The van der Waals surface area contributed by atoms with Gasteiger partial charge in [-0.05, 0) is 53.8 Å². The molecule has 1 aliphatic heterocycles. The van der Waals surface area contributed by atoms with Crippen LogP contribution in [0.15, 0.2) is 66.9 Å². The van der Waals surface area contributed by atoms with E-state index in [-0.39, 0.29) is 11.7 Å². The molecule has 5 heteroatoms. The maximum Gasteiger partial charge on any atom is 0.251 e. The lowest BCUT2D eigenvalue weighted by molar-refractivity contribution is 0.0954. The second-order valence-corrected chi connectivity index (χ2v) is 6.98. The van der Waals surface area contributed by atoms with Gasteiger partial charge in [0.25, 0.3) is 5.91 Å². The van der Waals surface area contributed by atoms with Gasteiger partial charge in [-0.1, -0.05) is 36.4 Å². The summed E-state index contributed by atoms with van der Waals surface area (Å²) in [6.07, 6.45) is 3.32. The summed E-state index contributed by atoms with van der Waals surface area (Å²) in [6, 6.07) is 18.4. The molecule has 3 aromatic rings. The van der Waals surface area contributed by atoms with Gasteiger partial charge >= 0.3 is 0 Å². The van der Waals surface area contributed by atoms with Crippen LogP contribution in [0.5, 0.6) is 0 Å². The van der Waals surface area contributed by atoms with Crippen LogP contribution in [0.25, 0.3) is 0 Å². The van der Waals surface area contributed by atoms with Crippen LogP contribution in [0.1, 0.15) is 27.0 Å². The lowest BCUT2D eigenvalue weighted by Crippen LogP contribution is -2.31. The predicted molar refractivity (Wildman–Crippen MR) is 108 cm³/mol. The van der Waals surface area contributed by atoms with Crippen LogP contribution in [0, 0.1) is 5.82 Å². The van der Waals surface area contributed by atoms with E-state index < -0.39 is 0 Å². The molecule has 4 rings (SSSR count). The molecule has 0 fully saturated rings. The minimum atomic E-state index is -0.252. The number of rotatable bonds is 5. The first-order valence-electron chi connectivity index (χ1n) is 9.49. The molecule has 0 spiro atoms. The van der Waals surface area contributed by atoms with Crippen LogP contribution in [0.3, 0.4) is 0 Å². The van der Waals surface area contributed by atoms with E-state index in [1.165, 1.54) is 23.3 Å². The Bertz CT molecular complexity index is 972. The van der Waals surface area contributed by atoms with Gasteiger partial charge in [0.15, 0.2) is 0 Å². The van der Waals surface area contributed by atoms with E-state index in [1.54, 1.807) is 24.4 Å². The van der Waals surface area contributed by atoms with E-state index >= 15 is 0 Å². The molecule has 142 valence electrons. The van der Waals surface area contributed by atoms with Crippen molar-refractivity contribution < 1.29 is 9.18 Å². The second kappa shape index (κ2) is 8.21. The molecule has 0 aliphatic carbocycles. The largest absolute Gasteiger partial charge is 0.352 e. The summed E-state index contributed by atoms with van der Waals surface area (Å²) in [4.78, 5) is 19.2. The van der Waals surface area contributed by atoms with Gasteiger partial charge < -0.3 is 10.2 Å². The Kier molecular flexibility index (Phi) is 5.33. The van der Waals surface area contributed by atoms with Crippen LogP contribution < -0.4 is 10.2 Å². The van der Waals surface area contributed by atoms with Gasteiger partial charge in [0.05, 0.1) is 0 Å². The number of benzene rings is 2. The number of carbonyl (C=O) groups excluding carboxylic acids is 1. The fourth-order valence-corrected chi connectivity index (χ4v) is 3.50. The van der Waals surface area contributed by atoms with Crippen molar-refractivity contribution in [2.45, 2.75) is 19.4 Å². The molecule has 0 unspecified atom stereocenters. The van der Waals surface area contributed by atoms with E-state index in [0.717, 1.165) is 30.9 Å². The summed E-state index contributed by atoms with van der Waals surface area (Å²) in [7, 11) is 0. The highest BCUT2D eigenvalue weighted by Crippen LogP contribution is 2.23. The van der Waals surface area contributed by atoms with E-state index in [0.29, 0.717) is 18.5 Å². The number of pyridine rings is 1. The average molecular weight is 375 g/mol. The fraction of sp³-hybridized carbons (Fsp3) is 0.217. The first kappa shape index (κ1) is 18.2. The van der Waals surface area contributed by atoms with E-state index in [9.17, 15) is 9.18 Å². The molecular formula is C23H22FN3O. The SMILES string of the molecule is O=C(NCCc1ccc(F)cc1)c1ccnc(N2CCc3ccccc3C2)c1. The van der Waals surface area contributed by atoms with Crippen molar-refractivity contribution in [1.82, 2.24) is 10.3 Å². The maximum atomic E-state index is 13.0. The van der Waals surface area contributed by atoms with Crippen LogP contribution >= 0.6 is 0 Å². The highest BCUT2D eigenvalue weighted by molar-refractivity contribution is 5.94. The number of amides is 1. The summed E-state index contributed by atoms with van der Waals surface area (Å²) in [6.45, 7) is 2.19. The molecule has 0 bridgehead atoms. The van der Waals surface area contributed by atoms with Gasteiger partial charge in [0, 0.05) is 31.4 Å². The average Bonchev–Trinajstić information content (AvgIpc) is 2.75. The smallest absolute Gasteiger partial charge is 0.251 e. The number of hydrogen-bond acceptors (Lipinski definition) is 3. The van der Waals surface area contributed by atoms with Gasteiger partial charge in [-0.15, -0.1) is 0 Å². The Hall–Kier alpha value is -3.21. The molecule has 1 aliphatic rings. The molecule has 1 aromatic heterocycles. The van der Waals surface area contributed by atoms with Crippen molar-refractivity contribution >= 4 is 11.7 Å². The molecule has 4 nitrogen and oxygen atoms in total. The number of aromatic nitrogens is 1. The van der Waals surface area contributed by atoms with Crippen LogP contribution in [-0.2, 0) is 19.4 Å². The number of halogens is 1. The zero-order chi connectivity index (χ0) is 19.3. The van der Waals surface area contributed by atoms with Gasteiger partial charge in [0.2, 0.25) is 0 Å². The van der Waals surface area contributed by atoms with E-state index in [1.807, 2.05) is 6.07 Å². The number of carbonyl (C=O) groups is 1. The Balaban J connectivity index is 1.38. The topological polar surface area (TPSA) is 45.2 Å². The van der Waals surface area contributed by atoms with Crippen molar-refractivity contribution in [3.63, 3.8) is 0 Å². The third kappa shape index (κ3) is 4.19. The van der Waals surface area contributed by atoms with Crippen LogP contribution in [0.2, 0.25) is 0 Å². The summed E-state index contributed by atoms with van der Waals surface area (Å²) in [5.74, 6) is 0.446. The predicted octanol–water partition coefficient (Wildman–Crippen LogP) is 3.76. The van der Waals surface area contributed by atoms with Gasteiger partial charge in [-0.25, -0.2) is 9.37 Å². The molecule has 0 atom stereocenters. The highest BCUT2D eigenvalue weighted by Gasteiger charge is 2.18. The number of nitrogens with one attached hydrogen (secondary N) is 1. The van der Waals surface area contributed by atoms with Crippen molar-refractivity contribution in [3.05, 3.63) is 94.9 Å². The molecule has 28 heavy (non-hydrogen) atoms. The Morgan fingerprint density at radius 1 is 1.07 bits per heavy atom. The molecule has 1 amide bonds. The quantitative estimate of drug-likeness (QED) is 0.739. The minimum absolute atomic E-state index is 0.122. The van der Waals surface area contributed by atoms with E-state index in [2.05, 4.69) is 39.5 Å². The molecular weight excluding hydrogens is 353 g/mol. The summed E-state index contributed by atoms with van der Waals surface area (Å²) < 4.78 is 13.0. The normalized spacial score (nSPS) is 13.1. The minimum Gasteiger partial charge on any atom is -0.352 e. The first-order chi connectivity index (χ1) is 13.7. The van der Waals surface area contributed by atoms with Gasteiger partial charge in [-0.3, -0.25) is 4.79 Å². The van der Waals surface area contributed by atoms with Crippen LogP contribution in [0.4, 0.5) is 10.2 Å². The first-order valence-corrected chi connectivity index (χ1v) is 9.49. The monoisotopic (exact) mass is 375 g/mol. The second-order valence-electron chi connectivity index (χ2n) is 6.98. The zero-order valence-corrected chi connectivity index (χ0v) is 15.6. The van der Waals surface area contributed by atoms with E-state index in [4.69, 9.17) is 0 Å². The zero-order valence-electron chi connectivity index (χ0n) is 15.6. The number of hydrogen-bond donors (Lipinski definition) is 1. The van der Waals surface area contributed by atoms with Crippen molar-refractivity contribution in [2.24, 2.45) is 0 Å². The molecule has 2 heterocycles.